The van der Waals surface area contributed by atoms with Crippen LogP contribution in [0.15, 0.2) is 12.1 Å². The molecule has 0 aliphatic heterocycles. The molecule has 15 heavy (non-hydrogen) atoms. The lowest BCUT2D eigenvalue weighted by atomic mass is 10.0. The lowest BCUT2D eigenvalue weighted by molar-refractivity contribution is 0.0993. The standard InChI is InChI=1S/C10H8N2O3/c1-15-9-3-2-6(10(12)14)8(5-13)7(9)4-11/h2-3,5H,1H3,(H2,12,14). The van der Waals surface area contributed by atoms with E-state index in [0.717, 1.165) is 0 Å². The van der Waals surface area contributed by atoms with Crippen LogP contribution in [0.4, 0.5) is 0 Å². The Morgan fingerprint density at radius 1 is 1.60 bits per heavy atom. The van der Waals surface area contributed by atoms with Crippen LogP contribution in [0.3, 0.4) is 0 Å². The minimum Gasteiger partial charge on any atom is -0.495 e. The summed E-state index contributed by atoms with van der Waals surface area (Å²) in [5, 5.41) is 8.83. The van der Waals surface area contributed by atoms with Gasteiger partial charge in [-0.3, -0.25) is 9.59 Å². The quantitative estimate of drug-likeness (QED) is 0.724. The van der Waals surface area contributed by atoms with Crippen molar-refractivity contribution in [1.29, 1.82) is 5.26 Å². The van der Waals surface area contributed by atoms with Gasteiger partial charge in [0.1, 0.15) is 17.4 Å². The topological polar surface area (TPSA) is 93.2 Å². The molecule has 0 heterocycles. The summed E-state index contributed by atoms with van der Waals surface area (Å²) in [6.45, 7) is 0. The molecule has 0 atom stereocenters. The predicted octanol–water partition coefficient (Wildman–Crippen LogP) is 0.478. The summed E-state index contributed by atoms with van der Waals surface area (Å²) in [4.78, 5) is 21.7. The number of hydrogen-bond donors (Lipinski definition) is 1. The molecule has 76 valence electrons. The largest absolute Gasteiger partial charge is 0.495 e. The van der Waals surface area contributed by atoms with Crippen LogP contribution in [0.5, 0.6) is 5.75 Å². The van der Waals surface area contributed by atoms with Crippen LogP contribution in [-0.2, 0) is 0 Å². The van der Waals surface area contributed by atoms with Crippen LogP contribution >= 0.6 is 0 Å². The average Bonchev–Trinajstić information content (AvgIpc) is 2.26. The lowest BCUT2D eigenvalue weighted by Gasteiger charge is -2.07. The number of nitriles is 1. The number of primary amides is 1. The van der Waals surface area contributed by atoms with Crippen molar-refractivity contribution in [2.45, 2.75) is 0 Å². The first-order valence-electron chi connectivity index (χ1n) is 4.01. The molecule has 0 spiro atoms. The molecule has 0 bridgehead atoms. The number of carbonyl (C=O) groups is 2. The first kappa shape index (κ1) is 10.7. The highest BCUT2D eigenvalue weighted by Gasteiger charge is 2.16. The van der Waals surface area contributed by atoms with Gasteiger partial charge in [0, 0.05) is 5.56 Å². The third-order valence-corrected chi connectivity index (χ3v) is 1.92. The summed E-state index contributed by atoms with van der Waals surface area (Å²) < 4.78 is 4.88. The van der Waals surface area contributed by atoms with Crippen molar-refractivity contribution in [3.8, 4) is 11.8 Å². The maximum atomic E-state index is 11.0. The Morgan fingerprint density at radius 3 is 2.67 bits per heavy atom. The molecule has 1 aromatic carbocycles. The molecule has 1 aromatic rings. The summed E-state index contributed by atoms with van der Waals surface area (Å²) in [5.41, 5.74) is 5.05. The van der Waals surface area contributed by atoms with E-state index in [0.29, 0.717) is 6.29 Å². The van der Waals surface area contributed by atoms with Crippen LogP contribution in [0.25, 0.3) is 0 Å². The van der Waals surface area contributed by atoms with Crippen molar-refractivity contribution < 1.29 is 14.3 Å². The average molecular weight is 204 g/mol. The Morgan fingerprint density at radius 2 is 2.27 bits per heavy atom. The molecule has 0 aliphatic carbocycles. The van der Waals surface area contributed by atoms with Gasteiger partial charge in [0.05, 0.1) is 12.7 Å². The summed E-state index contributed by atoms with van der Waals surface area (Å²) in [7, 11) is 1.37. The van der Waals surface area contributed by atoms with E-state index in [4.69, 9.17) is 15.7 Å². The number of ether oxygens (including phenoxy) is 1. The van der Waals surface area contributed by atoms with Gasteiger partial charge in [0.15, 0.2) is 6.29 Å². The monoisotopic (exact) mass is 204 g/mol. The number of amides is 1. The van der Waals surface area contributed by atoms with E-state index >= 15 is 0 Å². The van der Waals surface area contributed by atoms with Crippen molar-refractivity contribution in [3.63, 3.8) is 0 Å². The number of carbonyl (C=O) groups excluding carboxylic acids is 2. The number of methoxy groups -OCH3 is 1. The van der Waals surface area contributed by atoms with Crippen molar-refractivity contribution in [2.24, 2.45) is 5.73 Å². The van der Waals surface area contributed by atoms with Gasteiger partial charge in [-0.1, -0.05) is 0 Å². The lowest BCUT2D eigenvalue weighted by Crippen LogP contribution is -2.14. The second-order valence-electron chi connectivity index (χ2n) is 2.70. The Bertz CT molecular complexity index is 460. The fourth-order valence-electron chi connectivity index (χ4n) is 1.22. The van der Waals surface area contributed by atoms with Gasteiger partial charge in [-0.15, -0.1) is 0 Å². The predicted molar refractivity (Wildman–Crippen MR) is 51.6 cm³/mol. The van der Waals surface area contributed by atoms with Crippen LogP contribution in [0, 0.1) is 11.3 Å². The number of benzene rings is 1. The summed E-state index contributed by atoms with van der Waals surface area (Å²) in [6, 6.07) is 4.57. The van der Waals surface area contributed by atoms with Crippen LogP contribution in [0.1, 0.15) is 26.3 Å². The zero-order valence-corrected chi connectivity index (χ0v) is 7.98. The fourth-order valence-corrected chi connectivity index (χ4v) is 1.22. The number of rotatable bonds is 3. The molecule has 0 radical (unpaired) electrons. The van der Waals surface area contributed by atoms with Gasteiger partial charge in [-0.05, 0) is 12.1 Å². The van der Waals surface area contributed by atoms with Gasteiger partial charge < -0.3 is 10.5 Å². The van der Waals surface area contributed by atoms with Crippen molar-refractivity contribution in [1.82, 2.24) is 0 Å². The molecule has 1 amide bonds. The Balaban J connectivity index is 3.57. The molecule has 0 aliphatic rings. The van der Waals surface area contributed by atoms with Crippen LogP contribution < -0.4 is 10.5 Å². The molecule has 2 N–H and O–H groups in total. The molecule has 5 heteroatoms. The third-order valence-electron chi connectivity index (χ3n) is 1.92. The highest BCUT2D eigenvalue weighted by atomic mass is 16.5. The SMILES string of the molecule is COc1ccc(C(N)=O)c(C=O)c1C#N. The van der Waals surface area contributed by atoms with Gasteiger partial charge in [-0.2, -0.15) is 5.26 Å². The normalized spacial score (nSPS) is 9.07. The molecular formula is C10H8N2O3. The van der Waals surface area contributed by atoms with E-state index in [1.54, 1.807) is 6.07 Å². The minimum absolute atomic E-state index is 0.0161. The highest BCUT2D eigenvalue weighted by Crippen LogP contribution is 2.23. The second kappa shape index (κ2) is 4.24. The van der Waals surface area contributed by atoms with E-state index < -0.39 is 5.91 Å². The minimum atomic E-state index is -0.753. The smallest absolute Gasteiger partial charge is 0.249 e. The second-order valence-corrected chi connectivity index (χ2v) is 2.70. The highest BCUT2D eigenvalue weighted by molar-refractivity contribution is 6.02. The first-order valence-corrected chi connectivity index (χ1v) is 4.01. The molecule has 0 fully saturated rings. The van der Waals surface area contributed by atoms with E-state index in [9.17, 15) is 9.59 Å². The van der Waals surface area contributed by atoms with Gasteiger partial charge in [0.2, 0.25) is 5.91 Å². The van der Waals surface area contributed by atoms with E-state index in [1.807, 2.05) is 0 Å². The maximum Gasteiger partial charge on any atom is 0.249 e. The van der Waals surface area contributed by atoms with E-state index in [2.05, 4.69) is 0 Å². The summed E-state index contributed by atoms with van der Waals surface area (Å²) in [6.07, 6.45) is 0.418. The first-order chi connectivity index (χ1) is 7.15. The molecule has 5 nitrogen and oxygen atoms in total. The molecule has 0 aromatic heterocycles. The Kier molecular flexibility index (Phi) is 3.03. The maximum absolute atomic E-state index is 11.0. The molecule has 0 saturated carbocycles. The number of hydrogen-bond acceptors (Lipinski definition) is 4. The number of nitrogens with two attached hydrogens (primary N) is 1. The van der Waals surface area contributed by atoms with Crippen molar-refractivity contribution in [3.05, 3.63) is 28.8 Å². The fraction of sp³-hybridized carbons (Fsp3) is 0.100. The van der Waals surface area contributed by atoms with Gasteiger partial charge >= 0.3 is 0 Å². The molecular weight excluding hydrogens is 196 g/mol. The molecule has 0 unspecified atom stereocenters. The third kappa shape index (κ3) is 1.79. The van der Waals surface area contributed by atoms with Gasteiger partial charge in [0.25, 0.3) is 0 Å². The van der Waals surface area contributed by atoms with Crippen molar-refractivity contribution >= 4 is 12.2 Å². The van der Waals surface area contributed by atoms with Gasteiger partial charge in [-0.25, -0.2) is 0 Å². The Hall–Kier alpha value is -2.35. The zero-order valence-electron chi connectivity index (χ0n) is 7.98. The zero-order chi connectivity index (χ0) is 11.4. The van der Waals surface area contributed by atoms with Crippen molar-refractivity contribution in [2.75, 3.05) is 7.11 Å². The van der Waals surface area contributed by atoms with E-state index in [-0.39, 0.29) is 22.4 Å². The van der Waals surface area contributed by atoms with Crippen LogP contribution in [0.2, 0.25) is 0 Å². The van der Waals surface area contributed by atoms with Crippen LogP contribution in [-0.4, -0.2) is 19.3 Å². The summed E-state index contributed by atoms with van der Waals surface area (Å²) >= 11 is 0. The Labute approximate surface area is 86.1 Å². The molecule has 0 saturated heterocycles. The summed E-state index contributed by atoms with van der Waals surface area (Å²) in [5.74, 6) is -0.513. The number of aldehydes is 1. The number of nitrogens with zero attached hydrogens (tertiary/aromatic N) is 1. The van der Waals surface area contributed by atoms with E-state index in [1.165, 1.54) is 19.2 Å². The molecule has 1 rings (SSSR count).